The van der Waals surface area contributed by atoms with Crippen molar-refractivity contribution in [1.82, 2.24) is 9.78 Å². The Morgan fingerprint density at radius 1 is 1.38 bits per heavy atom. The van der Waals surface area contributed by atoms with Gasteiger partial charge in [-0.25, -0.2) is 0 Å². The lowest BCUT2D eigenvalue weighted by Gasteiger charge is -2.08. The molecule has 0 spiro atoms. The molecule has 1 aromatic heterocycles. The molecule has 2 aromatic rings. The first-order chi connectivity index (χ1) is 7.56. The number of aryl methyl sites for hydroxylation is 2. The van der Waals surface area contributed by atoms with Crippen LogP contribution in [0, 0.1) is 6.92 Å². The van der Waals surface area contributed by atoms with Crippen LogP contribution < -0.4 is 11.1 Å². The number of benzene rings is 1. The molecule has 0 aliphatic rings. The van der Waals surface area contributed by atoms with Crippen molar-refractivity contribution < 1.29 is 0 Å². The molecule has 0 aliphatic carbocycles. The van der Waals surface area contributed by atoms with Crippen LogP contribution in [0.25, 0.3) is 0 Å². The van der Waals surface area contributed by atoms with E-state index in [1.807, 2.05) is 26.2 Å². The number of halogens is 1. The number of anilines is 3. The van der Waals surface area contributed by atoms with E-state index in [1.54, 1.807) is 16.8 Å². The minimum absolute atomic E-state index is 0.621. The van der Waals surface area contributed by atoms with Crippen molar-refractivity contribution in [2.75, 3.05) is 11.1 Å². The molecule has 0 saturated heterocycles. The largest absolute Gasteiger partial charge is 0.397 e. The van der Waals surface area contributed by atoms with Crippen molar-refractivity contribution in [1.29, 1.82) is 0 Å². The Morgan fingerprint density at radius 2 is 2.12 bits per heavy atom. The predicted octanol–water partition coefficient (Wildman–Crippen LogP) is 2.71. The third kappa shape index (κ3) is 2.12. The summed E-state index contributed by atoms with van der Waals surface area (Å²) in [6.07, 6.45) is 1.91. The Bertz CT molecular complexity index is 519. The minimum Gasteiger partial charge on any atom is -0.397 e. The summed E-state index contributed by atoms with van der Waals surface area (Å²) in [5, 5.41) is 8.09. The molecule has 0 unspecified atom stereocenters. The van der Waals surface area contributed by atoms with Gasteiger partial charge in [-0.2, -0.15) is 5.10 Å². The van der Waals surface area contributed by atoms with Crippen LogP contribution in [0.3, 0.4) is 0 Å². The predicted molar refractivity (Wildman–Crippen MR) is 67.1 cm³/mol. The van der Waals surface area contributed by atoms with Crippen molar-refractivity contribution in [3.05, 3.63) is 35.1 Å². The molecule has 0 atom stereocenters. The van der Waals surface area contributed by atoms with Gasteiger partial charge in [0.05, 0.1) is 22.8 Å². The lowest BCUT2D eigenvalue weighted by molar-refractivity contribution is 0.756. The maximum Gasteiger partial charge on any atom is 0.0828 e. The molecule has 84 valence electrons. The fourth-order valence-corrected chi connectivity index (χ4v) is 1.70. The van der Waals surface area contributed by atoms with E-state index in [2.05, 4.69) is 10.4 Å². The highest BCUT2D eigenvalue weighted by molar-refractivity contribution is 6.31. The first-order valence-electron chi connectivity index (χ1n) is 4.88. The highest BCUT2D eigenvalue weighted by Gasteiger charge is 2.05. The normalized spacial score (nSPS) is 10.4. The van der Waals surface area contributed by atoms with E-state index in [0.29, 0.717) is 10.7 Å². The monoisotopic (exact) mass is 236 g/mol. The topological polar surface area (TPSA) is 55.9 Å². The van der Waals surface area contributed by atoms with Gasteiger partial charge in [0.2, 0.25) is 0 Å². The summed E-state index contributed by atoms with van der Waals surface area (Å²) in [5.74, 6) is 0. The first kappa shape index (κ1) is 10.8. The number of hydrogen-bond donors (Lipinski definition) is 2. The highest BCUT2D eigenvalue weighted by Crippen LogP contribution is 2.26. The summed E-state index contributed by atoms with van der Waals surface area (Å²) >= 11 is 5.83. The van der Waals surface area contributed by atoms with Gasteiger partial charge >= 0.3 is 0 Å². The number of aromatic nitrogens is 2. The molecule has 3 N–H and O–H groups in total. The molecule has 16 heavy (non-hydrogen) atoms. The summed E-state index contributed by atoms with van der Waals surface area (Å²) in [6, 6.07) is 5.37. The molecule has 0 radical (unpaired) electrons. The Balaban J connectivity index is 2.30. The first-order valence-corrected chi connectivity index (χ1v) is 5.26. The van der Waals surface area contributed by atoms with E-state index < -0.39 is 0 Å². The van der Waals surface area contributed by atoms with Gasteiger partial charge in [-0.1, -0.05) is 11.6 Å². The SMILES string of the molecule is Cc1nn(C)cc1Nc1ccc(Cl)cc1N. The lowest BCUT2D eigenvalue weighted by atomic mass is 10.2. The van der Waals surface area contributed by atoms with Crippen LogP contribution >= 0.6 is 11.6 Å². The van der Waals surface area contributed by atoms with Crippen molar-refractivity contribution in [3.63, 3.8) is 0 Å². The third-order valence-corrected chi connectivity index (χ3v) is 2.53. The second-order valence-corrected chi connectivity index (χ2v) is 4.09. The number of rotatable bonds is 2. The minimum atomic E-state index is 0.621. The van der Waals surface area contributed by atoms with Crippen LogP contribution in [0.4, 0.5) is 17.1 Å². The molecule has 2 rings (SSSR count). The van der Waals surface area contributed by atoms with E-state index in [-0.39, 0.29) is 0 Å². The fourth-order valence-electron chi connectivity index (χ4n) is 1.51. The fraction of sp³-hybridized carbons (Fsp3) is 0.182. The molecule has 5 heteroatoms. The zero-order valence-corrected chi connectivity index (χ0v) is 9.92. The average Bonchev–Trinajstić information content (AvgIpc) is 2.50. The van der Waals surface area contributed by atoms with Gasteiger partial charge < -0.3 is 11.1 Å². The van der Waals surface area contributed by atoms with Gasteiger partial charge in [-0.3, -0.25) is 4.68 Å². The standard InChI is InChI=1S/C11H13ClN4/c1-7-11(6-16(2)15-7)14-10-4-3-8(12)5-9(10)13/h3-6,14H,13H2,1-2H3. The molecular weight excluding hydrogens is 224 g/mol. The highest BCUT2D eigenvalue weighted by atomic mass is 35.5. The molecule has 0 aliphatic heterocycles. The molecule has 1 aromatic carbocycles. The summed E-state index contributed by atoms with van der Waals surface area (Å²) < 4.78 is 1.75. The van der Waals surface area contributed by atoms with Gasteiger partial charge in [-0.05, 0) is 25.1 Å². The molecule has 0 amide bonds. The van der Waals surface area contributed by atoms with Crippen molar-refractivity contribution >= 4 is 28.7 Å². The van der Waals surface area contributed by atoms with Crippen LogP contribution in [-0.4, -0.2) is 9.78 Å². The molecule has 1 heterocycles. The Kier molecular flexibility index (Phi) is 2.75. The molecule has 4 nitrogen and oxygen atoms in total. The summed E-state index contributed by atoms with van der Waals surface area (Å²) in [5.41, 5.74) is 9.18. The zero-order chi connectivity index (χ0) is 11.7. The zero-order valence-electron chi connectivity index (χ0n) is 9.16. The Morgan fingerprint density at radius 3 is 2.69 bits per heavy atom. The van der Waals surface area contributed by atoms with E-state index in [9.17, 15) is 0 Å². The number of hydrogen-bond acceptors (Lipinski definition) is 3. The number of nitrogens with two attached hydrogens (primary N) is 1. The van der Waals surface area contributed by atoms with Crippen LogP contribution in [0.1, 0.15) is 5.69 Å². The maximum absolute atomic E-state index is 5.85. The Labute approximate surface area is 99.0 Å². The molecule has 0 saturated carbocycles. The van der Waals surface area contributed by atoms with Gasteiger partial charge in [0.1, 0.15) is 0 Å². The summed E-state index contributed by atoms with van der Waals surface area (Å²) in [7, 11) is 1.88. The molecular formula is C11H13ClN4. The van der Waals surface area contributed by atoms with E-state index in [4.69, 9.17) is 17.3 Å². The van der Waals surface area contributed by atoms with Crippen molar-refractivity contribution in [2.24, 2.45) is 7.05 Å². The molecule has 0 bridgehead atoms. The smallest absolute Gasteiger partial charge is 0.0828 e. The van der Waals surface area contributed by atoms with Crippen molar-refractivity contribution in [3.8, 4) is 0 Å². The van der Waals surface area contributed by atoms with Gasteiger partial charge in [0, 0.05) is 18.3 Å². The lowest BCUT2D eigenvalue weighted by Crippen LogP contribution is -1.96. The second kappa shape index (κ2) is 4.06. The maximum atomic E-state index is 5.85. The van der Waals surface area contributed by atoms with E-state index >= 15 is 0 Å². The third-order valence-electron chi connectivity index (χ3n) is 2.30. The van der Waals surface area contributed by atoms with Crippen molar-refractivity contribution in [2.45, 2.75) is 6.92 Å². The van der Waals surface area contributed by atoms with E-state index in [1.165, 1.54) is 0 Å². The quantitative estimate of drug-likeness (QED) is 0.789. The number of nitrogens with one attached hydrogen (secondary N) is 1. The van der Waals surface area contributed by atoms with Gasteiger partial charge in [0.25, 0.3) is 0 Å². The summed E-state index contributed by atoms with van der Waals surface area (Å²) in [4.78, 5) is 0. The van der Waals surface area contributed by atoms with Crippen LogP contribution in [0.5, 0.6) is 0 Å². The van der Waals surface area contributed by atoms with Gasteiger partial charge in [0.15, 0.2) is 0 Å². The van der Waals surface area contributed by atoms with Gasteiger partial charge in [-0.15, -0.1) is 0 Å². The van der Waals surface area contributed by atoms with Crippen LogP contribution in [0.2, 0.25) is 5.02 Å². The second-order valence-electron chi connectivity index (χ2n) is 3.66. The van der Waals surface area contributed by atoms with Crippen LogP contribution in [-0.2, 0) is 7.05 Å². The molecule has 0 fully saturated rings. The number of nitrogens with zero attached hydrogens (tertiary/aromatic N) is 2. The summed E-state index contributed by atoms with van der Waals surface area (Å²) in [6.45, 7) is 1.94. The number of nitrogen functional groups attached to an aromatic ring is 1. The van der Waals surface area contributed by atoms with Crippen LogP contribution in [0.15, 0.2) is 24.4 Å². The average molecular weight is 237 g/mol. The Hall–Kier alpha value is -1.68. The van der Waals surface area contributed by atoms with E-state index in [0.717, 1.165) is 17.1 Å².